The molecule has 1 heterocycles. The molecule has 5 rings (SSSR count). The van der Waals surface area contributed by atoms with Crippen LogP contribution in [0.5, 0.6) is 11.5 Å². The molecule has 0 radical (unpaired) electrons. The van der Waals surface area contributed by atoms with Gasteiger partial charge in [0.05, 0.1) is 24.6 Å². The molecule has 1 aliphatic heterocycles. The maximum absolute atomic E-state index is 6.17. The van der Waals surface area contributed by atoms with Crippen LogP contribution in [0.15, 0.2) is 112 Å². The molecule has 1 fully saturated rings. The van der Waals surface area contributed by atoms with Crippen molar-refractivity contribution in [2.45, 2.75) is 46.8 Å². The molecule has 0 saturated carbocycles. The van der Waals surface area contributed by atoms with E-state index in [9.17, 15) is 0 Å². The minimum atomic E-state index is -0.157. The zero-order chi connectivity index (χ0) is 24.7. The molecule has 0 aromatic heterocycles. The fourth-order valence-corrected chi connectivity index (χ4v) is 8.34. The standard InChI is InChI=1S/C30H27I2O3S/c31-27-19-22(20-28(32)30(27)35-29-13-7-8-18-33-29)21-34-23-14-16-26(17-15-23)36(24-9-3-1-4-10-24)25-11-5-2-6-12-25/h1-6,9-12,14-17,19-20,29H,7-8,13,18,21H2/q+1. The Labute approximate surface area is 243 Å². The van der Waals surface area contributed by atoms with Crippen molar-refractivity contribution in [3.05, 3.63) is 110 Å². The molecule has 0 amide bonds. The summed E-state index contributed by atoms with van der Waals surface area (Å²) >= 11 is 4.69. The normalized spacial score (nSPS) is 15.6. The summed E-state index contributed by atoms with van der Waals surface area (Å²) in [6.45, 7) is 1.29. The molecule has 4 aromatic carbocycles. The Balaban J connectivity index is 1.28. The van der Waals surface area contributed by atoms with Crippen molar-refractivity contribution in [1.29, 1.82) is 0 Å². The van der Waals surface area contributed by atoms with Gasteiger partial charge in [-0.3, -0.25) is 0 Å². The molecule has 6 heteroatoms. The monoisotopic (exact) mass is 721 g/mol. The zero-order valence-corrected chi connectivity index (χ0v) is 24.9. The summed E-state index contributed by atoms with van der Waals surface area (Å²) in [5.41, 5.74) is 1.12. The second kappa shape index (κ2) is 12.7. The highest BCUT2D eigenvalue weighted by molar-refractivity contribution is 14.1. The predicted octanol–water partition coefficient (Wildman–Crippen LogP) is 8.48. The van der Waals surface area contributed by atoms with E-state index in [0.717, 1.165) is 50.1 Å². The van der Waals surface area contributed by atoms with Crippen molar-refractivity contribution in [2.75, 3.05) is 6.61 Å². The van der Waals surface area contributed by atoms with Crippen LogP contribution in [-0.2, 0) is 22.2 Å². The number of ether oxygens (including phenoxy) is 3. The van der Waals surface area contributed by atoms with Crippen LogP contribution >= 0.6 is 45.2 Å². The van der Waals surface area contributed by atoms with E-state index in [4.69, 9.17) is 14.2 Å². The maximum Gasteiger partial charge on any atom is 0.199 e. The Kier molecular flexibility index (Phi) is 9.11. The number of halogens is 2. The van der Waals surface area contributed by atoms with Crippen LogP contribution in [0.4, 0.5) is 0 Å². The third-order valence-corrected chi connectivity index (χ3v) is 9.70. The second-order valence-corrected chi connectivity index (χ2v) is 12.8. The molecule has 1 unspecified atom stereocenters. The smallest absolute Gasteiger partial charge is 0.199 e. The third-order valence-electron chi connectivity index (χ3n) is 5.87. The van der Waals surface area contributed by atoms with E-state index in [1.165, 1.54) is 14.7 Å². The van der Waals surface area contributed by atoms with E-state index in [0.29, 0.717) is 6.61 Å². The first-order valence-corrected chi connectivity index (χ1v) is 15.4. The molecule has 36 heavy (non-hydrogen) atoms. The SMILES string of the molecule is Ic1cc(COc2ccc([S+](c3ccccc3)c3ccccc3)cc2)cc(I)c1OC1CCCCO1. The van der Waals surface area contributed by atoms with Gasteiger partial charge in [0.2, 0.25) is 0 Å². The van der Waals surface area contributed by atoms with Crippen LogP contribution in [0, 0.1) is 7.14 Å². The van der Waals surface area contributed by atoms with Crippen molar-refractivity contribution in [3.63, 3.8) is 0 Å². The summed E-state index contributed by atoms with van der Waals surface area (Å²) in [7, 11) is -0.157. The summed E-state index contributed by atoms with van der Waals surface area (Å²) in [5.74, 6) is 1.77. The van der Waals surface area contributed by atoms with Gasteiger partial charge in [-0.15, -0.1) is 0 Å². The van der Waals surface area contributed by atoms with Crippen molar-refractivity contribution in [1.82, 2.24) is 0 Å². The topological polar surface area (TPSA) is 27.7 Å². The van der Waals surface area contributed by atoms with Crippen molar-refractivity contribution in [3.8, 4) is 11.5 Å². The van der Waals surface area contributed by atoms with Crippen LogP contribution in [-0.4, -0.2) is 12.9 Å². The van der Waals surface area contributed by atoms with Gasteiger partial charge in [0.25, 0.3) is 0 Å². The lowest BCUT2D eigenvalue weighted by atomic mass is 10.2. The van der Waals surface area contributed by atoms with Gasteiger partial charge in [-0.1, -0.05) is 36.4 Å². The van der Waals surface area contributed by atoms with Crippen molar-refractivity contribution in [2.24, 2.45) is 0 Å². The molecule has 0 bridgehead atoms. The fraction of sp³-hybridized carbons (Fsp3) is 0.200. The summed E-state index contributed by atoms with van der Waals surface area (Å²) in [4.78, 5) is 3.89. The summed E-state index contributed by atoms with van der Waals surface area (Å²) < 4.78 is 20.3. The van der Waals surface area contributed by atoms with Gasteiger partial charge in [0.15, 0.2) is 21.0 Å². The molecular weight excluding hydrogens is 694 g/mol. The Morgan fingerprint density at radius 3 is 1.89 bits per heavy atom. The quantitative estimate of drug-likeness (QED) is 0.135. The molecular formula is C30H27I2O3S+. The summed E-state index contributed by atoms with van der Waals surface area (Å²) in [6.07, 6.45) is 3.08. The number of hydrogen-bond donors (Lipinski definition) is 0. The van der Waals surface area contributed by atoms with Gasteiger partial charge in [0, 0.05) is 6.42 Å². The lowest BCUT2D eigenvalue weighted by molar-refractivity contribution is -0.106. The molecule has 0 spiro atoms. The van der Waals surface area contributed by atoms with Crippen LogP contribution < -0.4 is 9.47 Å². The maximum atomic E-state index is 6.17. The van der Waals surface area contributed by atoms with Gasteiger partial charge in [-0.2, -0.15) is 0 Å². The lowest BCUT2D eigenvalue weighted by Crippen LogP contribution is -2.25. The number of benzene rings is 4. The molecule has 4 aromatic rings. The Hall–Kier alpha value is -1.75. The highest BCUT2D eigenvalue weighted by atomic mass is 127. The first-order chi connectivity index (χ1) is 17.7. The molecule has 1 atom stereocenters. The van der Waals surface area contributed by atoms with Gasteiger partial charge in [0.1, 0.15) is 18.1 Å². The van der Waals surface area contributed by atoms with Crippen LogP contribution in [0.2, 0.25) is 0 Å². The van der Waals surface area contributed by atoms with Gasteiger partial charge >= 0.3 is 0 Å². The lowest BCUT2D eigenvalue weighted by Gasteiger charge is -2.24. The first-order valence-electron chi connectivity index (χ1n) is 12.0. The number of rotatable bonds is 8. The van der Waals surface area contributed by atoms with Gasteiger partial charge < -0.3 is 14.2 Å². The molecule has 1 saturated heterocycles. The summed E-state index contributed by atoms with van der Waals surface area (Å²) in [6, 6.07) is 34.2. The zero-order valence-electron chi connectivity index (χ0n) is 19.7. The van der Waals surface area contributed by atoms with Crippen LogP contribution in [0.25, 0.3) is 0 Å². The Morgan fingerprint density at radius 2 is 1.33 bits per heavy atom. The molecule has 3 nitrogen and oxygen atoms in total. The average Bonchev–Trinajstić information content (AvgIpc) is 2.92. The van der Waals surface area contributed by atoms with E-state index in [1.54, 1.807) is 0 Å². The van der Waals surface area contributed by atoms with Crippen LogP contribution in [0.1, 0.15) is 24.8 Å². The van der Waals surface area contributed by atoms with E-state index in [2.05, 4.69) is 142 Å². The van der Waals surface area contributed by atoms with E-state index in [1.807, 2.05) is 0 Å². The minimum absolute atomic E-state index is 0.141. The minimum Gasteiger partial charge on any atom is -0.489 e. The van der Waals surface area contributed by atoms with Gasteiger partial charge in [-0.05, 0) is 124 Å². The molecule has 0 N–H and O–H groups in total. The fourth-order valence-electron chi connectivity index (χ4n) is 4.10. The Bertz CT molecular complexity index is 1200. The van der Waals surface area contributed by atoms with Crippen molar-refractivity contribution < 1.29 is 14.2 Å². The Morgan fingerprint density at radius 1 is 0.750 bits per heavy atom. The van der Waals surface area contributed by atoms with E-state index >= 15 is 0 Å². The third kappa shape index (κ3) is 6.57. The second-order valence-electron chi connectivity index (χ2n) is 8.49. The largest absolute Gasteiger partial charge is 0.489 e. The van der Waals surface area contributed by atoms with Crippen LogP contribution in [0.3, 0.4) is 0 Å². The average molecular weight is 721 g/mol. The molecule has 1 aliphatic rings. The highest BCUT2D eigenvalue weighted by Crippen LogP contribution is 2.33. The summed E-state index contributed by atoms with van der Waals surface area (Å²) in [5, 5.41) is 0. The highest BCUT2D eigenvalue weighted by Gasteiger charge is 2.28. The molecule has 184 valence electrons. The van der Waals surface area contributed by atoms with Crippen molar-refractivity contribution >= 4 is 56.1 Å². The van der Waals surface area contributed by atoms with E-state index < -0.39 is 0 Å². The van der Waals surface area contributed by atoms with E-state index in [-0.39, 0.29) is 17.2 Å². The molecule has 0 aliphatic carbocycles. The number of hydrogen-bond acceptors (Lipinski definition) is 3. The van der Waals surface area contributed by atoms with Gasteiger partial charge in [-0.25, -0.2) is 0 Å². The predicted molar refractivity (Wildman–Crippen MR) is 162 cm³/mol. The first kappa shape index (κ1) is 25.9.